The predicted octanol–water partition coefficient (Wildman–Crippen LogP) is 1.54. The molecule has 1 amide bonds. The SMILES string of the molecule is Cn1cc(C(=O)NC[C@H](O)c2ccc(-c3ccco3)cc2)nn1. The Balaban J connectivity index is 1.60. The van der Waals surface area contributed by atoms with Gasteiger partial charge in [-0.05, 0) is 17.7 Å². The van der Waals surface area contributed by atoms with Gasteiger partial charge in [0.2, 0.25) is 0 Å². The number of amides is 1. The smallest absolute Gasteiger partial charge is 0.273 e. The monoisotopic (exact) mass is 312 g/mol. The molecule has 23 heavy (non-hydrogen) atoms. The lowest BCUT2D eigenvalue weighted by atomic mass is 10.1. The quantitative estimate of drug-likeness (QED) is 0.745. The van der Waals surface area contributed by atoms with E-state index in [1.54, 1.807) is 25.4 Å². The number of carbonyl (C=O) groups is 1. The van der Waals surface area contributed by atoms with E-state index in [1.807, 2.05) is 24.3 Å². The maximum Gasteiger partial charge on any atom is 0.273 e. The van der Waals surface area contributed by atoms with Crippen molar-refractivity contribution in [1.82, 2.24) is 20.3 Å². The number of aliphatic hydroxyl groups is 1. The number of carbonyl (C=O) groups excluding carboxylic acids is 1. The second kappa shape index (κ2) is 6.45. The van der Waals surface area contributed by atoms with Crippen molar-refractivity contribution in [2.45, 2.75) is 6.10 Å². The van der Waals surface area contributed by atoms with Gasteiger partial charge in [0.05, 0.1) is 18.6 Å². The van der Waals surface area contributed by atoms with Crippen LogP contribution >= 0.6 is 0 Å². The number of aliphatic hydroxyl groups excluding tert-OH is 1. The topological polar surface area (TPSA) is 93.2 Å². The van der Waals surface area contributed by atoms with Crippen LogP contribution in [0, 0.1) is 0 Å². The summed E-state index contributed by atoms with van der Waals surface area (Å²) in [6.07, 6.45) is 2.32. The maximum atomic E-state index is 11.9. The van der Waals surface area contributed by atoms with Gasteiger partial charge in [-0.3, -0.25) is 9.48 Å². The largest absolute Gasteiger partial charge is 0.464 e. The first-order chi connectivity index (χ1) is 11.1. The third-order valence-corrected chi connectivity index (χ3v) is 3.39. The summed E-state index contributed by atoms with van der Waals surface area (Å²) in [4.78, 5) is 11.9. The Morgan fingerprint density at radius 3 is 2.74 bits per heavy atom. The summed E-state index contributed by atoms with van der Waals surface area (Å²) in [6, 6.07) is 11.0. The molecule has 0 aliphatic rings. The fraction of sp³-hybridized carbons (Fsp3) is 0.188. The van der Waals surface area contributed by atoms with Crippen LogP contribution in [0.4, 0.5) is 0 Å². The first kappa shape index (κ1) is 15.0. The molecule has 0 aliphatic heterocycles. The molecule has 3 rings (SSSR count). The Labute approximate surface area is 132 Å². The summed E-state index contributed by atoms with van der Waals surface area (Å²) >= 11 is 0. The van der Waals surface area contributed by atoms with Crippen LogP contribution in [0.15, 0.2) is 53.3 Å². The van der Waals surface area contributed by atoms with Gasteiger partial charge in [0.1, 0.15) is 5.76 Å². The third-order valence-electron chi connectivity index (χ3n) is 3.39. The molecule has 0 unspecified atom stereocenters. The van der Waals surface area contributed by atoms with Crippen LogP contribution in [0.1, 0.15) is 22.2 Å². The Kier molecular flexibility index (Phi) is 4.20. The molecule has 1 atom stereocenters. The first-order valence-electron chi connectivity index (χ1n) is 7.10. The van der Waals surface area contributed by atoms with E-state index in [0.29, 0.717) is 5.56 Å². The van der Waals surface area contributed by atoms with Crippen LogP contribution in [0.5, 0.6) is 0 Å². The highest BCUT2D eigenvalue weighted by Crippen LogP contribution is 2.22. The van der Waals surface area contributed by atoms with Crippen molar-refractivity contribution in [2.24, 2.45) is 7.05 Å². The average molecular weight is 312 g/mol. The van der Waals surface area contributed by atoms with E-state index in [4.69, 9.17) is 4.42 Å². The van der Waals surface area contributed by atoms with Gasteiger partial charge in [0.15, 0.2) is 5.69 Å². The highest BCUT2D eigenvalue weighted by atomic mass is 16.3. The summed E-state index contributed by atoms with van der Waals surface area (Å²) in [6.45, 7) is 0.0928. The molecule has 2 heterocycles. The second-order valence-corrected chi connectivity index (χ2v) is 5.10. The van der Waals surface area contributed by atoms with E-state index < -0.39 is 6.10 Å². The van der Waals surface area contributed by atoms with Gasteiger partial charge in [-0.1, -0.05) is 29.5 Å². The van der Waals surface area contributed by atoms with Gasteiger partial charge in [-0.15, -0.1) is 5.10 Å². The van der Waals surface area contributed by atoms with Crippen LogP contribution in [0.25, 0.3) is 11.3 Å². The van der Waals surface area contributed by atoms with Gasteiger partial charge >= 0.3 is 0 Å². The maximum absolute atomic E-state index is 11.9. The standard InChI is InChI=1S/C16H16N4O3/c1-20-10-13(18-19-20)16(22)17-9-14(21)11-4-6-12(7-5-11)15-3-2-8-23-15/h2-8,10,14,21H,9H2,1H3,(H,17,22)/t14-/m0/s1. The van der Waals surface area contributed by atoms with Crippen molar-refractivity contribution in [3.05, 3.63) is 60.1 Å². The van der Waals surface area contributed by atoms with E-state index in [2.05, 4.69) is 15.6 Å². The zero-order chi connectivity index (χ0) is 16.2. The van der Waals surface area contributed by atoms with Crippen molar-refractivity contribution < 1.29 is 14.3 Å². The Bertz CT molecular complexity index is 778. The van der Waals surface area contributed by atoms with Gasteiger partial charge in [0, 0.05) is 19.2 Å². The third kappa shape index (κ3) is 3.46. The number of rotatable bonds is 5. The summed E-state index contributed by atoms with van der Waals surface area (Å²) < 4.78 is 6.76. The van der Waals surface area contributed by atoms with Crippen molar-refractivity contribution in [1.29, 1.82) is 0 Å². The lowest BCUT2D eigenvalue weighted by Crippen LogP contribution is -2.28. The van der Waals surface area contributed by atoms with E-state index in [9.17, 15) is 9.90 Å². The van der Waals surface area contributed by atoms with Crippen LogP contribution in [0.3, 0.4) is 0 Å². The van der Waals surface area contributed by atoms with Crippen LogP contribution in [-0.2, 0) is 7.05 Å². The predicted molar refractivity (Wildman–Crippen MR) is 82.4 cm³/mol. The van der Waals surface area contributed by atoms with Gasteiger partial charge in [0.25, 0.3) is 5.91 Å². The molecule has 3 aromatic rings. The summed E-state index contributed by atoms with van der Waals surface area (Å²) in [5.74, 6) is 0.395. The molecule has 2 N–H and O–H groups in total. The highest BCUT2D eigenvalue weighted by molar-refractivity contribution is 5.91. The molecule has 0 fully saturated rings. The fourth-order valence-electron chi connectivity index (χ4n) is 2.16. The minimum Gasteiger partial charge on any atom is -0.464 e. The number of aryl methyl sites for hydroxylation is 1. The molecule has 0 radical (unpaired) electrons. The zero-order valence-corrected chi connectivity index (χ0v) is 12.5. The molecular weight excluding hydrogens is 296 g/mol. The molecule has 7 heteroatoms. The molecular formula is C16H16N4O3. The van der Waals surface area contributed by atoms with Gasteiger partial charge in [-0.2, -0.15) is 0 Å². The average Bonchev–Trinajstić information content (AvgIpc) is 3.24. The minimum absolute atomic E-state index is 0.0928. The number of aromatic nitrogens is 3. The zero-order valence-electron chi connectivity index (χ0n) is 12.5. The lowest BCUT2D eigenvalue weighted by molar-refractivity contribution is 0.0911. The number of hydrogen-bond donors (Lipinski definition) is 2. The minimum atomic E-state index is -0.804. The first-order valence-corrected chi connectivity index (χ1v) is 7.10. The summed E-state index contributed by atoms with van der Waals surface area (Å²) in [5.41, 5.74) is 1.85. The fourth-order valence-corrected chi connectivity index (χ4v) is 2.16. The Hall–Kier alpha value is -2.93. The Morgan fingerprint density at radius 2 is 2.13 bits per heavy atom. The van der Waals surface area contributed by atoms with E-state index in [-0.39, 0.29) is 18.1 Å². The van der Waals surface area contributed by atoms with Crippen molar-refractivity contribution >= 4 is 5.91 Å². The summed E-state index contributed by atoms with van der Waals surface area (Å²) in [5, 5.41) is 20.2. The van der Waals surface area contributed by atoms with Crippen LogP contribution < -0.4 is 5.32 Å². The molecule has 0 spiro atoms. The van der Waals surface area contributed by atoms with Crippen molar-refractivity contribution in [3.8, 4) is 11.3 Å². The normalized spacial score (nSPS) is 12.1. The van der Waals surface area contributed by atoms with Crippen molar-refractivity contribution in [2.75, 3.05) is 6.54 Å². The van der Waals surface area contributed by atoms with E-state index in [1.165, 1.54) is 10.9 Å². The van der Waals surface area contributed by atoms with Crippen molar-refractivity contribution in [3.63, 3.8) is 0 Å². The molecule has 0 saturated heterocycles. The molecule has 1 aromatic carbocycles. The molecule has 118 valence electrons. The van der Waals surface area contributed by atoms with Gasteiger partial charge in [-0.25, -0.2) is 0 Å². The van der Waals surface area contributed by atoms with Crippen LogP contribution in [-0.4, -0.2) is 32.6 Å². The summed E-state index contributed by atoms with van der Waals surface area (Å²) in [7, 11) is 1.68. The van der Waals surface area contributed by atoms with Gasteiger partial charge < -0.3 is 14.8 Å². The molecule has 7 nitrogen and oxygen atoms in total. The number of benzene rings is 1. The molecule has 0 saturated carbocycles. The highest BCUT2D eigenvalue weighted by Gasteiger charge is 2.13. The molecule has 0 aliphatic carbocycles. The second-order valence-electron chi connectivity index (χ2n) is 5.10. The number of nitrogens with zero attached hydrogens (tertiary/aromatic N) is 3. The number of furan rings is 1. The van der Waals surface area contributed by atoms with E-state index >= 15 is 0 Å². The number of nitrogens with one attached hydrogen (secondary N) is 1. The lowest BCUT2D eigenvalue weighted by Gasteiger charge is -2.12. The van der Waals surface area contributed by atoms with E-state index in [0.717, 1.165) is 11.3 Å². The van der Waals surface area contributed by atoms with Crippen LogP contribution in [0.2, 0.25) is 0 Å². The number of hydrogen-bond acceptors (Lipinski definition) is 5. The Morgan fingerprint density at radius 1 is 1.35 bits per heavy atom. The molecule has 0 bridgehead atoms. The molecule has 2 aromatic heterocycles.